The van der Waals surface area contributed by atoms with Crippen molar-refractivity contribution in [2.45, 2.75) is 20.8 Å². The zero-order valence-corrected chi connectivity index (χ0v) is 17.5. The van der Waals surface area contributed by atoms with Crippen LogP contribution in [0.3, 0.4) is 0 Å². The summed E-state index contributed by atoms with van der Waals surface area (Å²) in [5, 5.41) is 3.63. The van der Waals surface area contributed by atoms with Crippen molar-refractivity contribution in [3.05, 3.63) is 59.7 Å². The molecule has 0 bridgehead atoms. The number of allylic oxidation sites excluding steroid dienone is 1. The predicted molar refractivity (Wildman–Crippen MR) is 115 cm³/mol. The van der Waals surface area contributed by atoms with Gasteiger partial charge < -0.3 is 23.8 Å². The largest absolute Gasteiger partial charge is 0.490 e. The topological polar surface area (TPSA) is 58.5 Å². The molecule has 156 valence electrons. The number of hydrogen-bond acceptors (Lipinski definition) is 6. The van der Waals surface area contributed by atoms with Crippen LogP contribution in [0.25, 0.3) is 0 Å². The molecule has 0 radical (unpaired) electrons. The second kappa shape index (κ2) is 12.3. The van der Waals surface area contributed by atoms with Crippen molar-refractivity contribution in [2.75, 3.05) is 33.5 Å². The second-order valence-corrected chi connectivity index (χ2v) is 6.22. The molecule has 0 fully saturated rings. The van der Waals surface area contributed by atoms with E-state index >= 15 is 0 Å². The first-order chi connectivity index (χ1) is 14.1. The Labute approximate surface area is 172 Å². The van der Waals surface area contributed by atoms with Crippen LogP contribution in [0.4, 0.5) is 0 Å². The Morgan fingerprint density at radius 2 is 1.48 bits per heavy atom. The Kier molecular flexibility index (Phi) is 9.42. The number of hydrogen-bond donors (Lipinski definition) is 0. The van der Waals surface area contributed by atoms with Crippen molar-refractivity contribution in [3.8, 4) is 23.0 Å². The highest BCUT2D eigenvalue weighted by Gasteiger charge is 2.07. The number of oxime groups is 1. The molecule has 0 aliphatic rings. The molecule has 0 aliphatic heterocycles. The molecule has 0 atom stereocenters. The van der Waals surface area contributed by atoms with Crippen LogP contribution in [-0.4, -0.2) is 39.8 Å². The zero-order chi connectivity index (χ0) is 20.9. The molecule has 0 aromatic heterocycles. The van der Waals surface area contributed by atoms with Crippen LogP contribution in [-0.2, 0) is 4.84 Å². The molecule has 0 amide bonds. The number of nitrogens with zero attached hydrogens (tertiary/aromatic N) is 1. The minimum atomic E-state index is 0.327. The summed E-state index contributed by atoms with van der Waals surface area (Å²) in [6.45, 7) is 7.75. The average molecular weight is 399 g/mol. The minimum Gasteiger partial charge on any atom is -0.490 e. The third-order valence-electron chi connectivity index (χ3n) is 3.92. The van der Waals surface area contributed by atoms with Gasteiger partial charge in [0.15, 0.2) is 0 Å². The smallest absolute Gasteiger partial charge is 0.127 e. The summed E-state index contributed by atoms with van der Waals surface area (Å²) in [6, 6.07) is 11.4. The van der Waals surface area contributed by atoms with E-state index in [4.69, 9.17) is 18.9 Å². The second-order valence-electron chi connectivity index (χ2n) is 6.22. The Morgan fingerprint density at radius 1 is 0.828 bits per heavy atom. The van der Waals surface area contributed by atoms with Crippen LogP contribution < -0.4 is 18.9 Å². The molecule has 0 saturated heterocycles. The van der Waals surface area contributed by atoms with Gasteiger partial charge in [-0.15, -0.1) is 0 Å². The number of benzene rings is 2. The number of rotatable bonds is 12. The summed E-state index contributed by atoms with van der Waals surface area (Å²) < 4.78 is 23.0. The first kappa shape index (κ1) is 22.1. The first-order valence-corrected chi connectivity index (χ1v) is 9.52. The molecule has 0 N–H and O–H groups in total. The molecule has 2 aromatic carbocycles. The summed E-state index contributed by atoms with van der Waals surface area (Å²) in [7, 11) is 1.49. The molecule has 0 aliphatic carbocycles. The Morgan fingerprint density at radius 3 is 2.17 bits per heavy atom. The van der Waals surface area contributed by atoms with E-state index in [9.17, 15) is 0 Å². The summed E-state index contributed by atoms with van der Waals surface area (Å²) >= 11 is 0. The van der Waals surface area contributed by atoms with Crippen LogP contribution in [0, 0.1) is 13.8 Å². The lowest BCUT2D eigenvalue weighted by molar-refractivity contribution is 0.212. The molecule has 6 nitrogen and oxygen atoms in total. The SMILES string of the molecule is C/C=C/COc1cc(C)c(OCCOc2cccc(OCC=NOC)c2)c(C)c1. The van der Waals surface area contributed by atoms with Crippen LogP contribution in [0.2, 0.25) is 0 Å². The summed E-state index contributed by atoms with van der Waals surface area (Å²) in [4.78, 5) is 4.59. The highest BCUT2D eigenvalue weighted by atomic mass is 16.6. The van der Waals surface area contributed by atoms with E-state index < -0.39 is 0 Å². The maximum Gasteiger partial charge on any atom is 0.127 e. The van der Waals surface area contributed by atoms with Crippen LogP contribution in [0.5, 0.6) is 23.0 Å². The van der Waals surface area contributed by atoms with E-state index in [1.54, 1.807) is 6.21 Å². The fraction of sp³-hybridized carbons (Fsp3) is 0.348. The molecule has 0 unspecified atom stereocenters. The molecule has 0 saturated carbocycles. The molecule has 2 aromatic rings. The van der Waals surface area contributed by atoms with Gasteiger partial charge in [0.1, 0.15) is 56.5 Å². The van der Waals surface area contributed by atoms with Crippen LogP contribution in [0.1, 0.15) is 18.1 Å². The van der Waals surface area contributed by atoms with Crippen molar-refractivity contribution in [3.63, 3.8) is 0 Å². The normalized spacial score (nSPS) is 11.0. The van der Waals surface area contributed by atoms with Gasteiger partial charge in [-0.25, -0.2) is 0 Å². The van der Waals surface area contributed by atoms with Gasteiger partial charge in [0, 0.05) is 6.07 Å². The monoisotopic (exact) mass is 399 g/mol. The van der Waals surface area contributed by atoms with Gasteiger partial charge in [-0.2, -0.15) is 0 Å². The lowest BCUT2D eigenvalue weighted by Gasteiger charge is -2.15. The highest BCUT2D eigenvalue weighted by molar-refractivity contribution is 5.58. The van der Waals surface area contributed by atoms with Crippen molar-refractivity contribution >= 4 is 6.21 Å². The fourth-order valence-electron chi connectivity index (χ4n) is 2.66. The van der Waals surface area contributed by atoms with Gasteiger partial charge in [-0.3, -0.25) is 0 Å². The third-order valence-corrected chi connectivity index (χ3v) is 3.92. The fourth-order valence-corrected chi connectivity index (χ4v) is 2.66. The standard InChI is InChI=1S/C23H29NO5/c1-5-6-11-26-22-15-18(2)23(19(3)16-22)29-14-13-28-21-9-7-8-20(17-21)27-12-10-24-25-4/h5-10,15-17H,11-14H2,1-4H3/b6-5+,24-10?. The Balaban J connectivity index is 1.82. The van der Waals surface area contributed by atoms with Crippen molar-refractivity contribution in [2.24, 2.45) is 5.16 Å². The predicted octanol–water partition coefficient (Wildman–Crippen LogP) is 4.73. The van der Waals surface area contributed by atoms with E-state index in [0.717, 1.165) is 28.4 Å². The molecule has 2 rings (SSSR count). The van der Waals surface area contributed by atoms with Crippen LogP contribution in [0.15, 0.2) is 53.7 Å². The Bertz CT molecular complexity index is 794. The maximum absolute atomic E-state index is 5.93. The van der Waals surface area contributed by atoms with E-state index in [1.807, 2.05) is 69.3 Å². The van der Waals surface area contributed by atoms with E-state index in [1.165, 1.54) is 7.11 Å². The molecule has 0 heterocycles. The highest BCUT2D eigenvalue weighted by Crippen LogP contribution is 2.28. The van der Waals surface area contributed by atoms with Crippen molar-refractivity contribution in [1.29, 1.82) is 0 Å². The van der Waals surface area contributed by atoms with Gasteiger partial charge in [-0.05, 0) is 56.2 Å². The molecule has 0 spiro atoms. The van der Waals surface area contributed by atoms with Crippen molar-refractivity contribution < 1.29 is 23.8 Å². The first-order valence-electron chi connectivity index (χ1n) is 9.52. The van der Waals surface area contributed by atoms with Gasteiger partial charge >= 0.3 is 0 Å². The number of ether oxygens (including phenoxy) is 4. The summed E-state index contributed by atoms with van der Waals surface area (Å²) in [5.41, 5.74) is 2.07. The Hall–Kier alpha value is -3.15. The quantitative estimate of drug-likeness (QED) is 0.224. The maximum atomic E-state index is 5.93. The van der Waals surface area contributed by atoms with Gasteiger partial charge in [0.25, 0.3) is 0 Å². The van der Waals surface area contributed by atoms with Gasteiger partial charge in [0.05, 0.1) is 6.21 Å². The van der Waals surface area contributed by atoms with Crippen molar-refractivity contribution in [1.82, 2.24) is 0 Å². The molecular formula is C23H29NO5. The lowest BCUT2D eigenvalue weighted by Crippen LogP contribution is -2.10. The van der Waals surface area contributed by atoms with Gasteiger partial charge in [-0.1, -0.05) is 23.4 Å². The summed E-state index contributed by atoms with van der Waals surface area (Å²) in [6.07, 6.45) is 5.48. The molecule has 6 heteroatoms. The van der Waals surface area contributed by atoms with Crippen LogP contribution >= 0.6 is 0 Å². The van der Waals surface area contributed by atoms with E-state index in [2.05, 4.69) is 9.99 Å². The van der Waals surface area contributed by atoms with Gasteiger partial charge in [0.2, 0.25) is 0 Å². The molecule has 29 heavy (non-hydrogen) atoms. The van der Waals surface area contributed by atoms with E-state index in [-0.39, 0.29) is 0 Å². The summed E-state index contributed by atoms with van der Waals surface area (Å²) in [5.74, 6) is 3.12. The number of aryl methyl sites for hydroxylation is 2. The van der Waals surface area contributed by atoms with E-state index in [0.29, 0.717) is 32.2 Å². The zero-order valence-electron chi connectivity index (χ0n) is 17.5. The molecular weight excluding hydrogens is 370 g/mol. The average Bonchev–Trinajstić information content (AvgIpc) is 2.71. The third kappa shape index (κ3) is 7.78. The lowest BCUT2D eigenvalue weighted by atomic mass is 10.1. The minimum absolute atomic E-state index is 0.327.